The first kappa shape index (κ1) is 14.1. The Bertz CT molecular complexity index is 636. The molecule has 1 N–H and O–H groups in total. The molecule has 0 atom stereocenters. The molecular formula is C11H12N6O2S. The summed E-state index contributed by atoms with van der Waals surface area (Å²) in [5, 5.41) is 14.7. The lowest BCUT2D eigenvalue weighted by Crippen LogP contribution is -2.06. The Morgan fingerprint density at radius 2 is 2.20 bits per heavy atom. The van der Waals surface area contributed by atoms with Crippen LogP contribution in [0, 0.1) is 17.0 Å². The van der Waals surface area contributed by atoms with Crippen molar-refractivity contribution in [3.8, 4) is 0 Å². The van der Waals surface area contributed by atoms with Gasteiger partial charge in [0.15, 0.2) is 10.2 Å². The molecule has 2 rings (SSSR count). The molecule has 0 spiro atoms. The number of anilines is 1. The van der Waals surface area contributed by atoms with Gasteiger partial charge in [0.05, 0.1) is 4.92 Å². The molecule has 0 unspecified atom stereocenters. The molecule has 0 saturated heterocycles. The van der Waals surface area contributed by atoms with Crippen molar-refractivity contribution in [2.45, 2.75) is 24.0 Å². The number of nitrogens with zero attached hydrogens (tertiary/aromatic N) is 5. The van der Waals surface area contributed by atoms with E-state index in [4.69, 9.17) is 0 Å². The van der Waals surface area contributed by atoms with Crippen LogP contribution in [0.15, 0.2) is 28.8 Å². The molecule has 2 aromatic heterocycles. The van der Waals surface area contributed by atoms with Crippen molar-refractivity contribution < 1.29 is 4.92 Å². The van der Waals surface area contributed by atoms with Crippen molar-refractivity contribution in [3.05, 3.63) is 34.4 Å². The van der Waals surface area contributed by atoms with Gasteiger partial charge < -0.3 is 5.32 Å². The Labute approximate surface area is 119 Å². The van der Waals surface area contributed by atoms with Gasteiger partial charge >= 0.3 is 5.69 Å². The molecule has 0 aromatic carbocycles. The Balaban J connectivity index is 2.40. The summed E-state index contributed by atoms with van der Waals surface area (Å²) in [5.74, 6) is 0.197. The molecule has 9 heteroatoms. The molecule has 104 valence electrons. The molecule has 0 aliphatic carbocycles. The van der Waals surface area contributed by atoms with Crippen LogP contribution in [0.1, 0.15) is 12.6 Å². The number of aryl methyl sites for hydroxylation is 1. The van der Waals surface area contributed by atoms with Crippen molar-refractivity contribution >= 4 is 23.3 Å². The monoisotopic (exact) mass is 292 g/mol. The summed E-state index contributed by atoms with van der Waals surface area (Å²) in [6, 6.07) is 1.75. The molecule has 0 fully saturated rings. The lowest BCUT2D eigenvalue weighted by molar-refractivity contribution is -0.387. The topological polar surface area (TPSA) is 107 Å². The molecule has 0 saturated carbocycles. The summed E-state index contributed by atoms with van der Waals surface area (Å²) in [5.41, 5.74) is 0.621. The third-order valence-electron chi connectivity index (χ3n) is 2.28. The second kappa shape index (κ2) is 6.24. The average Bonchev–Trinajstić information content (AvgIpc) is 2.39. The van der Waals surface area contributed by atoms with Gasteiger partial charge in [-0.05, 0) is 31.7 Å². The van der Waals surface area contributed by atoms with E-state index >= 15 is 0 Å². The fourth-order valence-corrected chi connectivity index (χ4v) is 2.30. The number of hydrogen-bond acceptors (Lipinski definition) is 8. The van der Waals surface area contributed by atoms with Crippen LogP contribution in [0.5, 0.6) is 0 Å². The minimum Gasteiger partial charge on any atom is -0.364 e. The average molecular weight is 292 g/mol. The molecule has 2 aromatic rings. The Morgan fingerprint density at radius 1 is 1.40 bits per heavy atom. The van der Waals surface area contributed by atoms with E-state index in [1.807, 2.05) is 13.8 Å². The smallest absolute Gasteiger partial charge is 0.343 e. The van der Waals surface area contributed by atoms with Crippen molar-refractivity contribution in [1.82, 2.24) is 19.9 Å². The normalized spacial score (nSPS) is 10.3. The van der Waals surface area contributed by atoms with Gasteiger partial charge in [0.25, 0.3) is 0 Å². The quantitative estimate of drug-likeness (QED) is 0.386. The highest BCUT2D eigenvalue weighted by molar-refractivity contribution is 7.99. The molecule has 2 heterocycles. The zero-order valence-electron chi connectivity index (χ0n) is 10.9. The first-order chi connectivity index (χ1) is 9.61. The minimum atomic E-state index is -0.504. The maximum absolute atomic E-state index is 11.2. The highest BCUT2D eigenvalue weighted by atomic mass is 32.2. The van der Waals surface area contributed by atoms with Crippen LogP contribution < -0.4 is 5.32 Å². The van der Waals surface area contributed by atoms with Crippen molar-refractivity contribution in [2.75, 3.05) is 11.9 Å². The first-order valence-electron chi connectivity index (χ1n) is 5.82. The Hall–Kier alpha value is -2.29. The fourth-order valence-electron chi connectivity index (χ4n) is 1.46. The summed E-state index contributed by atoms with van der Waals surface area (Å²) in [7, 11) is 0. The van der Waals surface area contributed by atoms with Gasteiger partial charge in [0.2, 0.25) is 5.82 Å². The van der Waals surface area contributed by atoms with Crippen molar-refractivity contribution in [3.63, 3.8) is 0 Å². The summed E-state index contributed by atoms with van der Waals surface area (Å²) in [6.07, 6.45) is 2.88. The predicted octanol–water partition coefficient (Wildman–Crippen LogP) is 2.07. The number of nitro groups is 1. The van der Waals surface area contributed by atoms with Crippen molar-refractivity contribution in [1.29, 1.82) is 0 Å². The SMILES string of the molecule is CCNc1ncnc(Sc2nccc(C)n2)c1[N+](=O)[O-]. The standard InChI is InChI=1S/C11H12N6O2S/c1-3-12-9-8(17(18)19)10(15-6-14-9)20-11-13-5-4-7(2)16-11/h4-6H,3H2,1-2H3,(H,12,14,15). The van der Waals surface area contributed by atoms with Crippen LogP contribution >= 0.6 is 11.8 Å². The molecule has 20 heavy (non-hydrogen) atoms. The zero-order chi connectivity index (χ0) is 14.5. The van der Waals surface area contributed by atoms with Gasteiger partial charge in [-0.25, -0.2) is 19.9 Å². The van der Waals surface area contributed by atoms with E-state index < -0.39 is 4.92 Å². The molecular weight excluding hydrogens is 280 g/mol. The number of aromatic nitrogens is 4. The van der Waals surface area contributed by atoms with Crippen LogP contribution in [-0.2, 0) is 0 Å². The third-order valence-corrected chi connectivity index (χ3v) is 3.15. The predicted molar refractivity (Wildman–Crippen MR) is 73.7 cm³/mol. The van der Waals surface area contributed by atoms with Crippen LogP contribution in [0.3, 0.4) is 0 Å². The van der Waals surface area contributed by atoms with Crippen LogP contribution in [0.4, 0.5) is 11.5 Å². The minimum absolute atomic E-state index is 0.163. The lowest BCUT2D eigenvalue weighted by Gasteiger charge is -2.06. The number of rotatable bonds is 5. The highest BCUT2D eigenvalue weighted by Crippen LogP contribution is 2.34. The number of nitrogens with one attached hydrogen (secondary N) is 1. The van der Waals surface area contributed by atoms with E-state index in [9.17, 15) is 10.1 Å². The largest absolute Gasteiger partial charge is 0.364 e. The fraction of sp³-hybridized carbons (Fsp3) is 0.273. The van der Waals surface area contributed by atoms with E-state index in [2.05, 4.69) is 25.3 Å². The molecule has 8 nitrogen and oxygen atoms in total. The summed E-state index contributed by atoms with van der Waals surface area (Å²) < 4.78 is 0. The third kappa shape index (κ3) is 3.18. The molecule has 0 bridgehead atoms. The summed E-state index contributed by atoms with van der Waals surface area (Å²) in [6.45, 7) is 4.19. The van der Waals surface area contributed by atoms with Gasteiger partial charge in [-0.2, -0.15) is 0 Å². The Kier molecular flexibility index (Phi) is 4.41. The lowest BCUT2D eigenvalue weighted by atomic mass is 10.5. The van der Waals surface area contributed by atoms with Gasteiger partial charge in [0, 0.05) is 18.4 Å². The van der Waals surface area contributed by atoms with Crippen molar-refractivity contribution in [2.24, 2.45) is 0 Å². The van der Waals surface area contributed by atoms with E-state index in [1.165, 1.54) is 6.33 Å². The van der Waals surface area contributed by atoms with Gasteiger partial charge in [-0.3, -0.25) is 10.1 Å². The Morgan fingerprint density at radius 3 is 2.85 bits per heavy atom. The van der Waals surface area contributed by atoms with Crippen LogP contribution in [0.2, 0.25) is 0 Å². The van der Waals surface area contributed by atoms with E-state index in [0.717, 1.165) is 17.5 Å². The number of hydrogen-bond donors (Lipinski definition) is 1. The van der Waals surface area contributed by atoms with E-state index in [1.54, 1.807) is 12.3 Å². The van der Waals surface area contributed by atoms with Gasteiger partial charge in [-0.15, -0.1) is 0 Å². The van der Waals surface area contributed by atoms with Gasteiger partial charge in [-0.1, -0.05) is 0 Å². The summed E-state index contributed by atoms with van der Waals surface area (Å²) >= 11 is 1.04. The maximum atomic E-state index is 11.2. The maximum Gasteiger partial charge on any atom is 0.343 e. The highest BCUT2D eigenvalue weighted by Gasteiger charge is 2.24. The second-order valence-electron chi connectivity index (χ2n) is 3.75. The first-order valence-corrected chi connectivity index (χ1v) is 6.64. The molecule has 0 aliphatic heterocycles. The van der Waals surface area contributed by atoms with Crippen LogP contribution in [0.25, 0.3) is 0 Å². The van der Waals surface area contributed by atoms with Gasteiger partial charge in [0.1, 0.15) is 6.33 Å². The van der Waals surface area contributed by atoms with Crippen LogP contribution in [-0.4, -0.2) is 31.4 Å². The zero-order valence-corrected chi connectivity index (χ0v) is 11.7. The molecule has 0 radical (unpaired) electrons. The second-order valence-corrected chi connectivity index (χ2v) is 4.70. The molecule has 0 amide bonds. The molecule has 0 aliphatic rings. The van der Waals surface area contributed by atoms with E-state index in [0.29, 0.717) is 11.7 Å². The summed E-state index contributed by atoms with van der Waals surface area (Å²) in [4.78, 5) is 26.8. The van der Waals surface area contributed by atoms with E-state index in [-0.39, 0.29) is 16.5 Å².